The summed E-state index contributed by atoms with van der Waals surface area (Å²) in [6.45, 7) is 0. The highest BCUT2D eigenvalue weighted by atomic mass is 35.5. The topological polar surface area (TPSA) is 70.0 Å². The molecular weight excluding hydrogens is 375 g/mol. The molecule has 8 heteroatoms. The molecule has 2 heterocycles. The van der Waals surface area contributed by atoms with Gasteiger partial charge < -0.3 is 9.47 Å². The molecule has 0 unspecified atom stereocenters. The van der Waals surface area contributed by atoms with E-state index in [1.807, 2.05) is 24.3 Å². The Morgan fingerprint density at radius 2 is 1.04 bits per heavy atom. The number of hydrogen-bond donors (Lipinski definition) is 0. The van der Waals surface area contributed by atoms with Crippen LogP contribution in [0, 0.1) is 0 Å². The number of aromatic nitrogens is 4. The number of benzene rings is 2. The van der Waals surface area contributed by atoms with E-state index in [0.29, 0.717) is 21.5 Å². The summed E-state index contributed by atoms with van der Waals surface area (Å²) >= 11 is 11.6. The van der Waals surface area contributed by atoms with Gasteiger partial charge in [-0.3, -0.25) is 0 Å². The summed E-state index contributed by atoms with van der Waals surface area (Å²) in [7, 11) is 0. The third-order valence-corrected chi connectivity index (χ3v) is 3.81. The molecule has 0 N–H and O–H groups in total. The molecule has 0 fully saturated rings. The van der Waals surface area contributed by atoms with Crippen molar-refractivity contribution in [2.24, 2.45) is 0 Å². The van der Waals surface area contributed by atoms with E-state index in [-0.39, 0.29) is 12.0 Å². The fraction of sp³-hybridized carbons (Fsp3) is 0. The first kappa shape index (κ1) is 16.5. The molecule has 0 aliphatic rings. The highest BCUT2D eigenvalue weighted by molar-refractivity contribution is 6.30. The van der Waals surface area contributed by atoms with Crippen LogP contribution in [0.1, 0.15) is 0 Å². The molecule has 0 bridgehead atoms. The summed E-state index contributed by atoms with van der Waals surface area (Å²) < 4.78 is 11.6. The SMILES string of the molecule is Clc1cnc(Oc2cccc3cccc(Oc4ncc(Cl)cn4)c23)nc1. The number of nitrogens with zero attached hydrogens (tertiary/aromatic N) is 4. The van der Waals surface area contributed by atoms with Crippen LogP contribution in [0.5, 0.6) is 23.5 Å². The first-order chi connectivity index (χ1) is 12.7. The molecule has 2 aromatic carbocycles. The van der Waals surface area contributed by atoms with E-state index >= 15 is 0 Å². The highest BCUT2D eigenvalue weighted by Gasteiger charge is 2.12. The molecule has 6 nitrogen and oxygen atoms in total. The summed E-state index contributed by atoms with van der Waals surface area (Å²) in [5, 5.41) is 2.52. The van der Waals surface area contributed by atoms with Crippen LogP contribution in [0.25, 0.3) is 10.8 Å². The van der Waals surface area contributed by atoms with Gasteiger partial charge in [0, 0.05) is 0 Å². The molecule has 0 saturated heterocycles. The molecule has 0 aliphatic heterocycles. The van der Waals surface area contributed by atoms with Gasteiger partial charge in [-0.05, 0) is 17.5 Å². The Hall–Kier alpha value is -2.96. The van der Waals surface area contributed by atoms with Crippen LogP contribution >= 0.6 is 23.2 Å². The quantitative estimate of drug-likeness (QED) is 0.474. The van der Waals surface area contributed by atoms with E-state index in [4.69, 9.17) is 32.7 Å². The molecule has 4 rings (SSSR count). The Kier molecular flexibility index (Phi) is 4.51. The van der Waals surface area contributed by atoms with Gasteiger partial charge in [0.1, 0.15) is 11.5 Å². The smallest absolute Gasteiger partial charge is 0.321 e. The normalized spacial score (nSPS) is 10.7. The van der Waals surface area contributed by atoms with Crippen molar-refractivity contribution in [2.75, 3.05) is 0 Å². The second-order valence-corrected chi connectivity index (χ2v) is 6.06. The predicted molar refractivity (Wildman–Crippen MR) is 98.2 cm³/mol. The first-order valence-corrected chi connectivity index (χ1v) is 8.27. The average Bonchev–Trinajstić information content (AvgIpc) is 2.66. The fourth-order valence-corrected chi connectivity index (χ4v) is 2.54. The predicted octanol–water partition coefficient (Wildman–Crippen LogP) is 5.31. The van der Waals surface area contributed by atoms with Crippen molar-refractivity contribution < 1.29 is 9.47 Å². The molecule has 0 saturated carbocycles. The summed E-state index contributed by atoms with van der Waals surface area (Å²) in [6, 6.07) is 11.6. The van der Waals surface area contributed by atoms with Crippen LogP contribution in [-0.4, -0.2) is 19.9 Å². The van der Waals surface area contributed by atoms with Crippen molar-refractivity contribution in [1.29, 1.82) is 0 Å². The second-order valence-electron chi connectivity index (χ2n) is 5.18. The summed E-state index contributed by atoms with van der Waals surface area (Å²) in [5.74, 6) is 1.07. The van der Waals surface area contributed by atoms with Gasteiger partial charge in [-0.2, -0.15) is 0 Å². The van der Waals surface area contributed by atoms with Crippen LogP contribution in [0.2, 0.25) is 10.0 Å². The molecule has 0 radical (unpaired) electrons. The standard InChI is InChI=1S/C18H10Cl2N4O2/c19-12-7-21-17(22-8-12)25-14-5-1-3-11-4-2-6-15(16(11)14)26-18-23-9-13(20)10-24-18/h1-10H. The Bertz CT molecular complexity index is 975. The van der Waals surface area contributed by atoms with Crippen molar-refractivity contribution in [3.05, 3.63) is 71.2 Å². The lowest BCUT2D eigenvalue weighted by molar-refractivity contribution is 0.432. The second kappa shape index (κ2) is 7.11. The summed E-state index contributed by atoms with van der Waals surface area (Å²) in [4.78, 5) is 16.2. The van der Waals surface area contributed by atoms with E-state index in [1.165, 1.54) is 24.8 Å². The maximum atomic E-state index is 5.82. The average molecular weight is 385 g/mol. The lowest BCUT2D eigenvalue weighted by atomic mass is 10.1. The minimum absolute atomic E-state index is 0.180. The van der Waals surface area contributed by atoms with Crippen molar-refractivity contribution in [3.63, 3.8) is 0 Å². The van der Waals surface area contributed by atoms with Gasteiger partial charge in [0.25, 0.3) is 0 Å². The van der Waals surface area contributed by atoms with Gasteiger partial charge in [-0.15, -0.1) is 0 Å². The first-order valence-electron chi connectivity index (χ1n) is 7.51. The highest BCUT2D eigenvalue weighted by Crippen LogP contribution is 2.37. The largest absolute Gasteiger partial charge is 0.423 e. The van der Waals surface area contributed by atoms with E-state index in [9.17, 15) is 0 Å². The number of halogens is 2. The summed E-state index contributed by atoms with van der Waals surface area (Å²) in [5.41, 5.74) is 0. The molecule has 2 aromatic heterocycles. The lowest BCUT2D eigenvalue weighted by Gasteiger charge is -2.11. The number of fused-ring (bicyclic) bond motifs is 1. The zero-order valence-corrected chi connectivity index (χ0v) is 14.6. The number of ether oxygens (including phenoxy) is 2. The van der Waals surface area contributed by atoms with Crippen LogP contribution in [0.3, 0.4) is 0 Å². The molecule has 0 aliphatic carbocycles. The van der Waals surface area contributed by atoms with Crippen molar-refractivity contribution in [3.8, 4) is 23.5 Å². The molecule has 0 atom stereocenters. The zero-order chi connectivity index (χ0) is 17.9. The van der Waals surface area contributed by atoms with Crippen LogP contribution in [0.4, 0.5) is 0 Å². The maximum Gasteiger partial charge on any atom is 0.321 e. The fourth-order valence-electron chi connectivity index (χ4n) is 2.35. The van der Waals surface area contributed by atoms with E-state index in [0.717, 1.165) is 10.8 Å². The van der Waals surface area contributed by atoms with Gasteiger partial charge in [0.2, 0.25) is 0 Å². The molecular formula is C18H10Cl2N4O2. The van der Waals surface area contributed by atoms with Gasteiger partial charge >= 0.3 is 12.0 Å². The van der Waals surface area contributed by atoms with Gasteiger partial charge in [-0.1, -0.05) is 47.5 Å². The molecule has 0 spiro atoms. The van der Waals surface area contributed by atoms with E-state index in [2.05, 4.69) is 19.9 Å². The van der Waals surface area contributed by atoms with Gasteiger partial charge in [-0.25, -0.2) is 19.9 Å². The molecule has 26 heavy (non-hydrogen) atoms. The molecule has 0 amide bonds. The third-order valence-electron chi connectivity index (χ3n) is 3.42. The van der Waals surface area contributed by atoms with Gasteiger partial charge in [0.05, 0.1) is 40.2 Å². The van der Waals surface area contributed by atoms with Crippen LogP contribution < -0.4 is 9.47 Å². The summed E-state index contributed by atoms with van der Waals surface area (Å²) in [6.07, 6.45) is 5.87. The Labute approximate surface area is 158 Å². The minimum atomic E-state index is 0.180. The van der Waals surface area contributed by atoms with Crippen molar-refractivity contribution >= 4 is 34.0 Å². The van der Waals surface area contributed by atoms with E-state index in [1.54, 1.807) is 12.1 Å². The van der Waals surface area contributed by atoms with Crippen LogP contribution in [0.15, 0.2) is 61.2 Å². The number of rotatable bonds is 4. The monoisotopic (exact) mass is 384 g/mol. The Morgan fingerprint density at radius 1 is 0.615 bits per heavy atom. The van der Waals surface area contributed by atoms with Crippen LogP contribution in [-0.2, 0) is 0 Å². The molecule has 128 valence electrons. The third kappa shape index (κ3) is 3.51. The van der Waals surface area contributed by atoms with Gasteiger partial charge in [0.15, 0.2) is 0 Å². The Balaban J connectivity index is 1.75. The van der Waals surface area contributed by atoms with E-state index < -0.39 is 0 Å². The maximum absolute atomic E-state index is 5.82. The minimum Gasteiger partial charge on any atom is -0.423 e. The lowest BCUT2D eigenvalue weighted by Crippen LogP contribution is -1.95. The molecule has 4 aromatic rings. The number of hydrogen-bond acceptors (Lipinski definition) is 6. The Morgan fingerprint density at radius 3 is 1.46 bits per heavy atom. The zero-order valence-electron chi connectivity index (χ0n) is 13.1. The van der Waals surface area contributed by atoms with Crippen molar-refractivity contribution in [2.45, 2.75) is 0 Å². The van der Waals surface area contributed by atoms with Crippen molar-refractivity contribution in [1.82, 2.24) is 19.9 Å².